The molecule has 0 aromatic carbocycles. The van der Waals surface area contributed by atoms with Gasteiger partial charge in [-0.15, -0.1) is 0 Å². The molecule has 0 aliphatic carbocycles. The molecule has 1 atom stereocenters. The van der Waals surface area contributed by atoms with Gasteiger partial charge in [0.05, 0.1) is 0 Å². The Bertz CT molecular complexity index is 140. The molecule has 0 aromatic heterocycles. The Labute approximate surface area is 117 Å². The summed E-state index contributed by atoms with van der Waals surface area (Å²) in [5.41, 5.74) is 0. The van der Waals surface area contributed by atoms with Gasteiger partial charge in [-0.05, 0) is 0 Å². The molecular weight excluding hydrogens is 346 g/mol. The number of unbranched alkanes of at least 4 members (excludes halogenated alkanes) is 8. The summed E-state index contributed by atoms with van der Waals surface area (Å²) in [6.07, 6.45) is 13.9. The quantitative estimate of drug-likeness (QED) is 0.296. The Kier molecular flexibility index (Phi) is 13.9. The number of hydrogen-bond acceptors (Lipinski definition) is 0. The molecule has 0 aromatic rings. The van der Waals surface area contributed by atoms with Gasteiger partial charge in [0, 0.05) is 0 Å². The Balaban J connectivity index is 3.04. The van der Waals surface area contributed by atoms with E-state index in [2.05, 4.69) is 13.8 Å². The summed E-state index contributed by atoms with van der Waals surface area (Å²) in [6, 6.07) is 0. The molecule has 0 saturated carbocycles. The van der Waals surface area contributed by atoms with Crippen molar-refractivity contribution in [2.75, 3.05) is 0 Å². The first kappa shape index (κ1) is 17.4. The molecule has 0 fully saturated rings. The van der Waals surface area contributed by atoms with Crippen molar-refractivity contribution in [3.05, 3.63) is 0 Å². The van der Waals surface area contributed by atoms with E-state index in [9.17, 15) is 0 Å². The van der Waals surface area contributed by atoms with E-state index in [0.717, 1.165) is 0 Å². The third kappa shape index (κ3) is 11.9. The monoisotopic (exact) mass is 373 g/mol. The van der Waals surface area contributed by atoms with Crippen LogP contribution < -0.4 is 0 Å². The second-order valence-electron chi connectivity index (χ2n) is 4.81. The Morgan fingerprint density at radius 1 is 0.812 bits per heavy atom. The summed E-state index contributed by atoms with van der Waals surface area (Å²) in [6.45, 7) is 4.49. The van der Waals surface area contributed by atoms with E-state index < -0.39 is 17.5 Å². The predicted molar refractivity (Wildman–Crippen MR) is 78.7 cm³/mol. The van der Waals surface area contributed by atoms with Crippen molar-refractivity contribution >= 4 is 35.3 Å². The molecule has 0 bridgehead atoms. The van der Waals surface area contributed by atoms with Crippen LogP contribution in [0.5, 0.6) is 0 Å². The summed E-state index contributed by atoms with van der Waals surface area (Å²) >= 11 is -1.90. The number of halogens is 2. The van der Waals surface area contributed by atoms with Crippen molar-refractivity contribution in [1.29, 1.82) is 0 Å². The Morgan fingerprint density at radius 2 is 1.25 bits per heavy atom. The number of rotatable bonds is 11. The van der Waals surface area contributed by atoms with Crippen LogP contribution in [0.2, 0.25) is 3.93 Å². The third-order valence-electron chi connectivity index (χ3n) is 3.11. The van der Waals surface area contributed by atoms with Gasteiger partial charge in [-0.2, -0.15) is 0 Å². The molecule has 16 heavy (non-hydrogen) atoms. The van der Waals surface area contributed by atoms with Gasteiger partial charge >= 0.3 is 117 Å². The van der Waals surface area contributed by atoms with Crippen molar-refractivity contribution in [3.63, 3.8) is 0 Å². The maximum atomic E-state index is 6.00. The van der Waals surface area contributed by atoms with Crippen LogP contribution in [-0.2, 0) is 0 Å². The zero-order valence-corrected chi connectivity index (χ0v) is 15.3. The fourth-order valence-electron chi connectivity index (χ4n) is 1.87. The van der Waals surface area contributed by atoms with Gasteiger partial charge in [-0.1, -0.05) is 0 Å². The second kappa shape index (κ2) is 12.8. The minimum atomic E-state index is -1.90. The van der Waals surface area contributed by atoms with Gasteiger partial charge in [0.2, 0.25) is 0 Å². The van der Waals surface area contributed by atoms with Crippen LogP contribution in [0, 0.1) is 0 Å². The molecule has 1 radical (unpaired) electrons. The molecule has 0 rings (SSSR count). The molecule has 0 aliphatic heterocycles. The summed E-state index contributed by atoms with van der Waals surface area (Å²) < 4.78 is 0.648. The molecule has 0 nitrogen and oxygen atoms in total. The SMILES string of the molecule is CCCCCCCCCCC[CH](C)[Sn]([Cl])[Cl]. The van der Waals surface area contributed by atoms with Crippen molar-refractivity contribution in [2.24, 2.45) is 0 Å². The van der Waals surface area contributed by atoms with Crippen LogP contribution in [0.25, 0.3) is 0 Å². The van der Waals surface area contributed by atoms with Gasteiger partial charge in [-0.25, -0.2) is 0 Å². The Morgan fingerprint density at radius 3 is 1.69 bits per heavy atom. The van der Waals surface area contributed by atoms with E-state index in [1.165, 1.54) is 64.2 Å². The van der Waals surface area contributed by atoms with Crippen LogP contribution in [-0.4, -0.2) is 17.5 Å². The maximum absolute atomic E-state index is 6.00. The van der Waals surface area contributed by atoms with Crippen LogP contribution in [0.15, 0.2) is 0 Å². The first-order chi connectivity index (χ1) is 7.68. The molecular formula is C13H27Cl2Sn. The van der Waals surface area contributed by atoms with Gasteiger partial charge in [0.25, 0.3) is 0 Å². The summed E-state index contributed by atoms with van der Waals surface area (Å²) in [5, 5.41) is 0. The fraction of sp³-hybridized carbons (Fsp3) is 1.00. The van der Waals surface area contributed by atoms with Crippen molar-refractivity contribution < 1.29 is 0 Å². The minimum absolute atomic E-state index is 0.648. The third-order valence-corrected chi connectivity index (χ3v) is 11.1. The summed E-state index contributed by atoms with van der Waals surface area (Å²) in [7, 11) is 12.0. The van der Waals surface area contributed by atoms with Gasteiger partial charge in [-0.3, -0.25) is 0 Å². The van der Waals surface area contributed by atoms with Crippen LogP contribution in [0.1, 0.15) is 78.1 Å². The first-order valence-electron chi connectivity index (χ1n) is 6.86. The topological polar surface area (TPSA) is 0 Å². The van der Waals surface area contributed by atoms with Crippen molar-refractivity contribution in [2.45, 2.75) is 82.0 Å². The van der Waals surface area contributed by atoms with Crippen LogP contribution >= 0.6 is 17.8 Å². The zero-order valence-electron chi connectivity index (χ0n) is 10.9. The average Bonchev–Trinajstić information content (AvgIpc) is 2.26. The van der Waals surface area contributed by atoms with E-state index in [4.69, 9.17) is 17.8 Å². The van der Waals surface area contributed by atoms with Crippen molar-refractivity contribution in [3.8, 4) is 0 Å². The number of hydrogen-bond donors (Lipinski definition) is 0. The molecule has 0 spiro atoms. The standard InChI is InChI=1S/C13H27.2ClH.Sn/c1-3-5-7-9-11-13-12-10-8-6-4-2;;;/h3H,4-13H2,1-2H3;2*1H;/q;;;+2/p-2. The molecule has 3 heteroatoms. The van der Waals surface area contributed by atoms with E-state index in [1.807, 2.05) is 0 Å². The Hall–Kier alpha value is 1.38. The van der Waals surface area contributed by atoms with Gasteiger partial charge < -0.3 is 0 Å². The van der Waals surface area contributed by atoms with Crippen molar-refractivity contribution in [1.82, 2.24) is 0 Å². The molecule has 0 heterocycles. The summed E-state index contributed by atoms with van der Waals surface area (Å²) in [5.74, 6) is 0. The van der Waals surface area contributed by atoms with E-state index in [1.54, 1.807) is 0 Å². The van der Waals surface area contributed by atoms with Crippen LogP contribution in [0.4, 0.5) is 0 Å². The fourth-order valence-corrected chi connectivity index (χ4v) is 4.54. The van der Waals surface area contributed by atoms with Gasteiger partial charge in [0.1, 0.15) is 0 Å². The predicted octanol–water partition coefficient (Wildman–Crippen LogP) is 6.26. The van der Waals surface area contributed by atoms with Gasteiger partial charge in [0.15, 0.2) is 0 Å². The van der Waals surface area contributed by atoms with Crippen LogP contribution in [0.3, 0.4) is 0 Å². The first-order valence-corrected chi connectivity index (χ1v) is 15.7. The second-order valence-corrected chi connectivity index (χ2v) is 16.0. The zero-order chi connectivity index (χ0) is 12.2. The van der Waals surface area contributed by atoms with E-state index in [-0.39, 0.29) is 0 Å². The summed E-state index contributed by atoms with van der Waals surface area (Å²) in [4.78, 5) is 0. The molecule has 97 valence electrons. The molecule has 0 amide bonds. The molecule has 0 aliphatic rings. The molecule has 0 saturated heterocycles. The molecule has 0 N–H and O–H groups in total. The average molecular weight is 373 g/mol. The normalized spacial score (nSPS) is 13.3. The molecule has 1 unspecified atom stereocenters. The van der Waals surface area contributed by atoms with E-state index >= 15 is 0 Å². The van der Waals surface area contributed by atoms with E-state index in [0.29, 0.717) is 3.93 Å².